The third-order valence-electron chi connectivity index (χ3n) is 4.65. The molecular formula is C26H34N2O4. The molecule has 0 bridgehead atoms. The third-order valence-corrected chi connectivity index (χ3v) is 4.65. The van der Waals surface area contributed by atoms with Gasteiger partial charge in [-0.05, 0) is 55.5 Å². The second-order valence-corrected chi connectivity index (χ2v) is 7.03. The molecule has 6 nitrogen and oxygen atoms in total. The fourth-order valence-electron chi connectivity index (χ4n) is 2.92. The molecule has 0 heterocycles. The molecule has 0 saturated heterocycles. The average molecular weight is 439 g/mol. The summed E-state index contributed by atoms with van der Waals surface area (Å²) in [6.45, 7) is 13.6. The lowest BCUT2D eigenvalue weighted by Crippen LogP contribution is -2.47. The Morgan fingerprint density at radius 1 is 1.16 bits per heavy atom. The minimum atomic E-state index is -0.785. The number of nitrogens with zero attached hydrogens (tertiary/aromatic N) is 1. The summed E-state index contributed by atoms with van der Waals surface area (Å²) in [4.78, 5) is 30.5. The summed E-state index contributed by atoms with van der Waals surface area (Å²) in [7, 11) is 2.88. The van der Waals surface area contributed by atoms with Gasteiger partial charge in [0.2, 0.25) is 0 Å². The van der Waals surface area contributed by atoms with Gasteiger partial charge in [-0.25, -0.2) is 5.06 Å². The van der Waals surface area contributed by atoms with Crippen LogP contribution in [0.3, 0.4) is 0 Å². The normalized spacial score (nSPS) is 12.5. The molecule has 0 aliphatic rings. The van der Waals surface area contributed by atoms with E-state index in [2.05, 4.69) is 25.1 Å². The maximum Gasteiger partial charge on any atom is 0.268 e. The van der Waals surface area contributed by atoms with Crippen molar-refractivity contribution in [2.24, 2.45) is 0 Å². The van der Waals surface area contributed by atoms with E-state index >= 15 is 0 Å². The zero-order valence-electron chi connectivity index (χ0n) is 19.3. The van der Waals surface area contributed by atoms with Crippen molar-refractivity contribution < 1.29 is 19.2 Å². The lowest BCUT2D eigenvalue weighted by atomic mass is 9.99. The van der Waals surface area contributed by atoms with Gasteiger partial charge in [-0.15, -0.1) is 13.2 Å². The molecule has 1 atom stereocenters. The van der Waals surface area contributed by atoms with Crippen LogP contribution >= 0.6 is 0 Å². The Kier molecular flexibility index (Phi) is 12.2. The van der Waals surface area contributed by atoms with Crippen LogP contribution in [0.5, 0.6) is 0 Å². The molecule has 1 N–H and O–H groups in total. The van der Waals surface area contributed by atoms with Crippen molar-refractivity contribution in [3.63, 3.8) is 0 Å². The summed E-state index contributed by atoms with van der Waals surface area (Å²) in [6.07, 6.45) is 10.7. The van der Waals surface area contributed by atoms with Gasteiger partial charge >= 0.3 is 0 Å². The van der Waals surface area contributed by atoms with E-state index in [0.29, 0.717) is 17.9 Å². The molecule has 1 aromatic rings. The summed E-state index contributed by atoms with van der Waals surface area (Å²) < 4.78 is 5.83. The standard InChI is InChI=1S/C26H34N2O4/c1-7-10-13-18-32-21(14-8-2)19-20(4)22-16-11-12-17-23(22)25(29)27-24(15-9-3)26(30)28(5)31-6/h7-9,11-12,14,16-17,19,24H,1-3,10,13,15,18H2,4-6H3,(H,27,29)/b20-19+,21-14+. The Morgan fingerprint density at radius 3 is 2.44 bits per heavy atom. The number of unbranched alkanes of at least 4 members (excludes halogenated alkanes) is 1. The molecule has 0 aromatic heterocycles. The van der Waals surface area contributed by atoms with Crippen LogP contribution in [0.15, 0.2) is 80.1 Å². The first-order valence-electron chi connectivity index (χ1n) is 10.5. The van der Waals surface area contributed by atoms with E-state index < -0.39 is 6.04 Å². The fraction of sp³-hybridized carbons (Fsp3) is 0.308. The number of amides is 2. The number of hydrogen-bond donors (Lipinski definition) is 1. The minimum absolute atomic E-state index is 0.278. The van der Waals surface area contributed by atoms with Gasteiger partial charge in [0.1, 0.15) is 11.8 Å². The zero-order chi connectivity index (χ0) is 23.9. The molecule has 0 saturated carbocycles. The number of benzene rings is 1. The van der Waals surface area contributed by atoms with Crippen LogP contribution in [-0.4, -0.2) is 43.7 Å². The Morgan fingerprint density at radius 2 is 1.84 bits per heavy atom. The number of ether oxygens (including phenoxy) is 1. The highest BCUT2D eigenvalue weighted by molar-refractivity contribution is 6.01. The van der Waals surface area contributed by atoms with E-state index in [1.54, 1.807) is 30.4 Å². The number of likely N-dealkylation sites (N-methyl/N-ethyl adjacent to an activating group) is 1. The number of nitrogens with one attached hydrogen (secondary N) is 1. The highest BCUT2D eigenvalue weighted by Gasteiger charge is 2.24. The predicted octanol–water partition coefficient (Wildman–Crippen LogP) is 4.84. The molecule has 2 amide bonds. The third kappa shape index (κ3) is 8.40. The van der Waals surface area contributed by atoms with Crippen molar-refractivity contribution in [2.75, 3.05) is 20.8 Å². The van der Waals surface area contributed by atoms with Gasteiger partial charge < -0.3 is 10.1 Å². The maximum absolute atomic E-state index is 13.1. The van der Waals surface area contributed by atoms with Gasteiger partial charge in [0.05, 0.1) is 13.7 Å². The molecule has 32 heavy (non-hydrogen) atoms. The molecule has 0 aliphatic carbocycles. The number of carbonyl (C=O) groups is 2. The van der Waals surface area contributed by atoms with Crippen molar-refractivity contribution in [1.29, 1.82) is 0 Å². The molecule has 1 unspecified atom stereocenters. The van der Waals surface area contributed by atoms with E-state index in [4.69, 9.17) is 9.57 Å². The van der Waals surface area contributed by atoms with Crippen LogP contribution in [0.1, 0.15) is 42.1 Å². The number of rotatable bonds is 14. The molecule has 0 spiro atoms. The molecule has 0 fully saturated rings. The van der Waals surface area contributed by atoms with Crippen LogP contribution < -0.4 is 5.32 Å². The lowest BCUT2D eigenvalue weighted by Gasteiger charge is -2.22. The quantitative estimate of drug-likeness (QED) is 0.148. The van der Waals surface area contributed by atoms with Crippen LogP contribution in [0, 0.1) is 0 Å². The van der Waals surface area contributed by atoms with E-state index in [0.717, 1.165) is 29.0 Å². The summed E-state index contributed by atoms with van der Waals surface area (Å²) in [5.41, 5.74) is 2.03. The Balaban J connectivity index is 3.14. The largest absolute Gasteiger partial charge is 0.494 e. The maximum atomic E-state index is 13.1. The van der Waals surface area contributed by atoms with Gasteiger partial charge in [-0.3, -0.25) is 14.4 Å². The molecule has 0 aliphatic heterocycles. The first-order valence-corrected chi connectivity index (χ1v) is 10.5. The van der Waals surface area contributed by atoms with Gasteiger partial charge in [0.25, 0.3) is 11.8 Å². The van der Waals surface area contributed by atoms with Crippen molar-refractivity contribution in [2.45, 2.75) is 32.2 Å². The van der Waals surface area contributed by atoms with Crippen LogP contribution in [0.2, 0.25) is 0 Å². The SMILES string of the molecule is C=C/C=C(\C=C(/C)c1ccccc1C(=O)NC(CC=C)C(=O)N(C)OC)OCCCC=C. The van der Waals surface area contributed by atoms with Gasteiger partial charge in [0, 0.05) is 12.6 Å². The topological polar surface area (TPSA) is 67.9 Å². The van der Waals surface area contributed by atoms with E-state index in [9.17, 15) is 9.59 Å². The fourth-order valence-corrected chi connectivity index (χ4v) is 2.92. The van der Waals surface area contributed by atoms with Crippen molar-refractivity contribution >= 4 is 17.4 Å². The summed E-state index contributed by atoms with van der Waals surface area (Å²) in [6, 6.07) is 6.43. The zero-order valence-corrected chi connectivity index (χ0v) is 19.3. The Bertz CT molecular complexity index is 870. The lowest BCUT2D eigenvalue weighted by molar-refractivity contribution is -0.170. The minimum Gasteiger partial charge on any atom is -0.494 e. The van der Waals surface area contributed by atoms with Crippen LogP contribution in [0.4, 0.5) is 0 Å². The van der Waals surface area contributed by atoms with Crippen LogP contribution in [-0.2, 0) is 14.4 Å². The van der Waals surface area contributed by atoms with Gasteiger partial charge in [-0.2, -0.15) is 0 Å². The number of carbonyl (C=O) groups excluding carboxylic acids is 2. The summed E-state index contributed by atoms with van der Waals surface area (Å²) in [5.74, 6) is -0.0768. The first kappa shape index (κ1) is 26.7. The second-order valence-electron chi connectivity index (χ2n) is 7.03. The van der Waals surface area contributed by atoms with E-state index in [1.165, 1.54) is 14.2 Å². The second kappa shape index (κ2) is 14.6. The Hall–Kier alpha value is -3.38. The molecule has 1 rings (SSSR count). The highest BCUT2D eigenvalue weighted by Crippen LogP contribution is 2.21. The van der Waals surface area contributed by atoms with Gasteiger partial charge in [-0.1, -0.05) is 43.0 Å². The highest BCUT2D eigenvalue weighted by atomic mass is 16.7. The molecule has 1 aromatic carbocycles. The van der Waals surface area contributed by atoms with Crippen LogP contribution in [0.25, 0.3) is 5.57 Å². The summed E-state index contributed by atoms with van der Waals surface area (Å²) >= 11 is 0. The van der Waals surface area contributed by atoms with Crippen molar-refractivity contribution in [3.8, 4) is 0 Å². The first-order chi connectivity index (χ1) is 15.4. The smallest absolute Gasteiger partial charge is 0.268 e. The monoisotopic (exact) mass is 438 g/mol. The average Bonchev–Trinajstić information content (AvgIpc) is 2.80. The summed E-state index contributed by atoms with van der Waals surface area (Å²) in [5, 5.41) is 3.88. The number of hydrogen-bond acceptors (Lipinski definition) is 4. The molecule has 172 valence electrons. The predicted molar refractivity (Wildman–Crippen MR) is 130 cm³/mol. The van der Waals surface area contributed by atoms with E-state index in [1.807, 2.05) is 31.2 Å². The number of hydroxylamine groups is 2. The molecular weight excluding hydrogens is 404 g/mol. The Labute approximate surface area is 191 Å². The molecule has 0 radical (unpaired) electrons. The van der Waals surface area contributed by atoms with E-state index in [-0.39, 0.29) is 18.2 Å². The van der Waals surface area contributed by atoms with Crippen molar-refractivity contribution in [3.05, 3.63) is 91.3 Å². The van der Waals surface area contributed by atoms with Gasteiger partial charge in [0.15, 0.2) is 0 Å². The van der Waals surface area contributed by atoms with Crippen molar-refractivity contribution in [1.82, 2.24) is 10.4 Å². The number of allylic oxidation sites excluding steroid dienone is 5. The molecule has 6 heteroatoms.